The lowest BCUT2D eigenvalue weighted by molar-refractivity contribution is -0.0887. The lowest BCUT2D eigenvalue weighted by atomic mass is 9.86. The summed E-state index contributed by atoms with van der Waals surface area (Å²) in [6.45, 7) is 0.758. The molecule has 0 saturated carbocycles. The standard InChI is InChI=1S/C9H15N3OS/c10-12-11-8-1-4-13-9(7-8)2-5-14-6-3-9/h8H,1-7H2. The molecular weight excluding hydrogens is 198 g/mol. The first-order chi connectivity index (χ1) is 6.85. The van der Waals surface area contributed by atoms with Crippen molar-refractivity contribution < 1.29 is 4.74 Å². The Balaban J connectivity index is 2.00. The van der Waals surface area contributed by atoms with Gasteiger partial charge >= 0.3 is 0 Å². The van der Waals surface area contributed by atoms with Gasteiger partial charge in [0, 0.05) is 17.6 Å². The zero-order valence-corrected chi connectivity index (χ0v) is 9.00. The molecule has 2 aliphatic rings. The molecule has 2 aliphatic heterocycles. The molecule has 4 nitrogen and oxygen atoms in total. The van der Waals surface area contributed by atoms with Gasteiger partial charge in [-0.25, -0.2) is 0 Å². The molecule has 0 aromatic rings. The highest BCUT2D eigenvalue weighted by atomic mass is 32.2. The van der Waals surface area contributed by atoms with Crippen LogP contribution in [-0.2, 0) is 4.74 Å². The van der Waals surface area contributed by atoms with Gasteiger partial charge < -0.3 is 4.74 Å². The predicted molar refractivity (Wildman–Crippen MR) is 57.4 cm³/mol. The predicted octanol–water partition coefficient (Wildman–Crippen LogP) is 2.74. The van der Waals surface area contributed by atoms with Crippen LogP contribution in [0.3, 0.4) is 0 Å². The highest BCUT2D eigenvalue weighted by Gasteiger charge is 2.38. The maximum Gasteiger partial charge on any atom is 0.0702 e. The van der Waals surface area contributed by atoms with Gasteiger partial charge in [0.2, 0.25) is 0 Å². The molecule has 2 saturated heterocycles. The molecule has 1 unspecified atom stereocenters. The molecule has 14 heavy (non-hydrogen) atoms. The van der Waals surface area contributed by atoms with E-state index in [1.165, 1.54) is 11.5 Å². The SMILES string of the molecule is [N-]=[N+]=NC1CCOC2(CCSCC2)C1. The summed E-state index contributed by atoms with van der Waals surface area (Å²) in [5.41, 5.74) is 8.46. The summed E-state index contributed by atoms with van der Waals surface area (Å²) < 4.78 is 5.89. The van der Waals surface area contributed by atoms with Crippen LogP contribution in [0, 0.1) is 0 Å². The normalized spacial score (nSPS) is 31.0. The van der Waals surface area contributed by atoms with E-state index < -0.39 is 0 Å². The first-order valence-electron chi connectivity index (χ1n) is 5.11. The largest absolute Gasteiger partial charge is 0.375 e. The second-order valence-corrected chi connectivity index (χ2v) is 5.22. The van der Waals surface area contributed by atoms with Crippen molar-refractivity contribution in [1.29, 1.82) is 0 Å². The average molecular weight is 213 g/mol. The van der Waals surface area contributed by atoms with E-state index in [-0.39, 0.29) is 11.6 Å². The third-order valence-electron chi connectivity index (χ3n) is 3.09. The van der Waals surface area contributed by atoms with Crippen LogP contribution in [0.25, 0.3) is 10.4 Å². The monoisotopic (exact) mass is 213 g/mol. The van der Waals surface area contributed by atoms with Crippen LogP contribution in [0.4, 0.5) is 0 Å². The second kappa shape index (κ2) is 4.43. The van der Waals surface area contributed by atoms with Gasteiger partial charge in [-0.2, -0.15) is 11.8 Å². The van der Waals surface area contributed by atoms with Gasteiger partial charge in [0.05, 0.1) is 5.60 Å². The quantitative estimate of drug-likeness (QED) is 0.382. The minimum atomic E-state index is 0.0440. The maximum atomic E-state index is 8.42. The number of nitrogens with zero attached hydrogens (tertiary/aromatic N) is 3. The molecule has 0 N–H and O–H groups in total. The van der Waals surface area contributed by atoms with Crippen molar-refractivity contribution in [3.05, 3.63) is 10.4 Å². The fraction of sp³-hybridized carbons (Fsp3) is 1.00. The van der Waals surface area contributed by atoms with E-state index in [0.29, 0.717) is 0 Å². The highest BCUT2D eigenvalue weighted by molar-refractivity contribution is 7.99. The lowest BCUT2D eigenvalue weighted by Gasteiger charge is -2.42. The van der Waals surface area contributed by atoms with Crippen molar-refractivity contribution >= 4 is 11.8 Å². The number of ether oxygens (including phenoxy) is 1. The van der Waals surface area contributed by atoms with E-state index in [2.05, 4.69) is 10.0 Å². The summed E-state index contributed by atoms with van der Waals surface area (Å²) in [6, 6.07) is 0.164. The average Bonchev–Trinajstić information content (AvgIpc) is 2.19. The smallest absolute Gasteiger partial charge is 0.0702 e. The van der Waals surface area contributed by atoms with E-state index in [1.54, 1.807) is 0 Å². The Morgan fingerprint density at radius 3 is 2.93 bits per heavy atom. The third kappa shape index (κ3) is 2.16. The Morgan fingerprint density at radius 2 is 2.21 bits per heavy atom. The van der Waals surface area contributed by atoms with E-state index in [0.717, 1.165) is 32.3 Å². The first-order valence-corrected chi connectivity index (χ1v) is 6.26. The fourth-order valence-electron chi connectivity index (χ4n) is 2.27. The Kier molecular flexibility index (Phi) is 3.21. The number of hydrogen-bond donors (Lipinski definition) is 0. The highest BCUT2D eigenvalue weighted by Crippen LogP contribution is 2.38. The molecule has 5 heteroatoms. The molecule has 1 spiro atoms. The zero-order chi connectivity index (χ0) is 9.86. The van der Waals surface area contributed by atoms with E-state index in [1.807, 2.05) is 11.8 Å². The van der Waals surface area contributed by atoms with Crippen LogP contribution >= 0.6 is 11.8 Å². The van der Waals surface area contributed by atoms with E-state index in [4.69, 9.17) is 10.3 Å². The minimum absolute atomic E-state index is 0.0440. The molecule has 0 radical (unpaired) electrons. The van der Waals surface area contributed by atoms with Crippen LogP contribution in [0.2, 0.25) is 0 Å². The van der Waals surface area contributed by atoms with Gasteiger partial charge in [-0.1, -0.05) is 5.11 Å². The van der Waals surface area contributed by atoms with E-state index in [9.17, 15) is 0 Å². The van der Waals surface area contributed by atoms with Gasteiger partial charge in [-0.05, 0) is 42.7 Å². The van der Waals surface area contributed by atoms with Gasteiger partial charge in [0.15, 0.2) is 0 Å². The Morgan fingerprint density at radius 1 is 1.43 bits per heavy atom. The van der Waals surface area contributed by atoms with Crippen molar-refractivity contribution in [3.8, 4) is 0 Å². The molecule has 2 rings (SSSR count). The molecule has 2 fully saturated rings. The van der Waals surface area contributed by atoms with Crippen molar-refractivity contribution in [1.82, 2.24) is 0 Å². The number of azide groups is 1. The molecule has 0 amide bonds. The van der Waals surface area contributed by atoms with E-state index >= 15 is 0 Å². The van der Waals surface area contributed by atoms with Crippen molar-refractivity contribution in [2.75, 3.05) is 18.1 Å². The van der Waals surface area contributed by atoms with Gasteiger partial charge in [-0.3, -0.25) is 0 Å². The second-order valence-electron chi connectivity index (χ2n) is 4.00. The molecular formula is C9H15N3OS. The molecule has 0 bridgehead atoms. The number of hydrogen-bond acceptors (Lipinski definition) is 3. The minimum Gasteiger partial charge on any atom is -0.375 e. The summed E-state index contributed by atoms with van der Waals surface area (Å²) in [6.07, 6.45) is 4.06. The van der Waals surface area contributed by atoms with Crippen LogP contribution in [0.15, 0.2) is 5.11 Å². The fourth-order valence-corrected chi connectivity index (χ4v) is 3.50. The summed E-state index contributed by atoms with van der Waals surface area (Å²) in [5.74, 6) is 2.37. The Hall–Kier alpha value is -0.380. The Labute approximate surface area is 88.0 Å². The molecule has 0 aromatic heterocycles. The number of thioether (sulfide) groups is 1. The molecule has 78 valence electrons. The topological polar surface area (TPSA) is 58.0 Å². The summed E-state index contributed by atoms with van der Waals surface area (Å²) >= 11 is 1.99. The van der Waals surface area contributed by atoms with Crippen molar-refractivity contribution in [2.24, 2.45) is 5.11 Å². The van der Waals surface area contributed by atoms with Gasteiger partial charge in [0.25, 0.3) is 0 Å². The van der Waals surface area contributed by atoms with Crippen molar-refractivity contribution in [3.63, 3.8) is 0 Å². The summed E-state index contributed by atoms with van der Waals surface area (Å²) in [7, 11) is 0. The summed E-state index contributed by atoms with van der Waals surface area (Å²) in [5, 5.41) is 3.83. The molecule has 2 heterocycles. The van der Waals surface area contributed by atoms with Crippen LogP contribution in [0.1, 0.15) is 25.7 Å². The van der Waals surface area contributed by atoms with Crippen LogP contribution in [0.5, 0.6) is 0 Å². The molecule has 0 aliphatic carbocycles. The molecule has 1 atom stereocenters. The van der Waals surface area contributed by atoms with Crippen molar-refractivity contribution in [2.45, 2.75) is 37.3 Å². The maximum absolute atomic E-state index is 8.42. The lowest BCUT2D eigenvalue weighted by Crippen LogP contribution is -2.43. The van der Waals surface area contributed by atoms with Crippen LogP contribution in [-0.4, -0.2) is 29.8 Å². The third-order valence-corrected chi connectivity index (χ3v) is 4.07. The van der Waals surface area contributed by atoms with Gasteiger partial charge in [-0.15, -0.1) is 0 Å². The number of rotatable bonds is 1. The Bertz CT molecular complexity index is 241. The van der Waals surface area contributed by atoms with Gasteiger partial charge in [0.1, 0.15) is 0 Å². The van der Waals surface area contributed by atoms with Crippen LogP contribution < -0.4 is 0 Å². The zero-order valence-electron chi connectivity index (χ0n) is 8.19. The molecule has 0 aromatic carbocycles. The first kappa shape index (κ1) is 10.1. The summed E-state index contributed by atoms with van der Waals surface area (Å²) in [4.78, 5) is 2.90.